The van der Waals surface area contributed by atoms with Crippen LogP contribution in [0, 0.1) is 0 Å². The highest BCUT2D eigenvalue weighted by Gasteiger charge is 2.24. The fraction of sp³-hybridized carbons (Fsp3) is 0.500. The molecule has 2 rings (SSSR count). The van der Waals surface area contributed by atoms with E-state index in [-0.39, 0.29) is 18.0 Å². The Hall–Kier alpha value is -1.26. The fourth-order valence-electron chi connectivity index (χ4n) is 2.44. The minimum Gasteiger partial charge on any atom is -0.496 e. The van der Waals surface area contributed by atoms with Crippen molar-refractivity contribution in [2.24, 2.45) is 5.73 Å². The first-order chi connectivity index (χ1) is 9.11. The lowest BCUT2D eigenvalue weighted by molar-refractivity contribution is 0.0918. The first-order valence-corrected chi connectivity index (χ1v) is 6.89. The molecule has 19 heavy (non-hydrogen) atoms. The van der Waals surface area contributed by atoms with Gasteiger partial charge in [0.1, 0.15) is 5.75 Å². The number of carbonyl (C=O) groups excluding carboxylic acids is 1. The average Bonchev–Trinajstić information content (AvgIpc) is 2.41. The van der Waals surface area contributed by atoms with Crippen LogP contribution in [-0.4, -0.2) is 25.1 Å². The van der Waals surface area contributed by atoms with Crippen LogP contribution in [0.25, 0.3) is 0 Å². The monoisotopic (exact) mass is 282 g/mol. The van der Waals surface area contributed by atoms with Gasteiger partial charge < -0.3 is 15.8 Å². The van der Waals surface area contributed by atoms with Gasteiger partial charge in [-0.15, -0.1) is 0 Å². The van der Waals surface area contributed by atoms with E-state index in [2.05, 4.69) is 5.32 Å². The van der Waals surface area contributed by atoms with Gasteiger partial charge in [-0.1, -0.05) is 24.4 Å². The highest BCUT2D eigenvalue weighted by Crippen LogP contribution is 2.24. The first kappa shape index (κ1) is 14.2. The van der Waals surface area contributed by atoms with Crippen LogP contribution in [0.3, 0.4) is 0 Å². The van der Waals surface area contributed by atoms with Crippen LogP contribution in [0.2, 0.25) is 5.02 Å². The Morgan fingerprint density at radius 3 is 2.84 bits per heavy atom. The van der Waals surface area contributed by atoms with E-state index >= 15 is 0 Å². The van der Waals surface area contributed by atoms with Crippen molar-refractivity contribution in [3.05, 3.63) is 28.8 Å². The van der Waals surface area contributed by atoms with Gasteiger partial charge in [0.05, 0.1) is 12.7 Å². The normalized spacial score (nSPS) is 22.9. The minimum absolute atomic E-state index is 0.0380. The van der Waals surface area contributed by atoms with Gasteiger partial charge in [0, 0.05) is 17.1 Å². The van der Waals surface area contributed by atoms with Crippen LogP contribution in [0.5, 0.6) is 5.75 Å². The molecule has 1 amide bonds. The summed E-state index contributed by atoms with van der Waals surface area (Å²) in [6, 6.07) is 5.07. The molecule has 1 fully saturated rings. The summed E-state index contributed by atoms with van der Waals surface area (Å²) in [5, 5.41) is 3.54. The Balaban J connectivity index is 2.11. The number of hydrogen-bond acceptors (Lipinski definition) is 3. The maximum absolute atomic E-state index is 12.3. The van der Waals surface area contributed by atoms with E-state index < -0.39 is 0 Å². The quantitative estimate of drug-likeness (QED) is 0.894. The number of amides is 1. The molecule has 0 aromatic heterocycles. The molecule has 3 N–H and O–H groups in total. The zero-order valence-electron chi connectivity index (χ0n) is 11.0. The summed E-state index contributed by atoms with van der Waals surface area (Å²) in [5.74, 6) is 0.324. The van der Waals surface area contributed by atoms with Gasteiger partial charge >= 0.3 is 0 Å². The van der Waals surface area contributed by atoms with Crippen molar-refractivity contribution >= 4 is 17.5 Å². The zero-order chi connectivity index (χ0) is 13.8. The Morgan fingerprint density at radius 2 is 2.16 bits per heavy atom. The summed E-state index contributed by atoms with van der Waals surface area (Å²) >= 11 is 5.88. The van der Waals surface area contributed by atoms with Gasteiger partial charge in [-0.3, -0.25) is 4.79 Å². The Labute approximate surface area is 118 Å². The molecular weight excluding hydrogens is 264 g/mol. The second kappa shape index (κ2) is 6.26. The lowest BCUT2D eigenvalue weighted by atomic mass is 9.91. The predicted molar refractivity (Wildman–Crippen MR) is 75.7 cm³/mol. The summed E-state index contributed by atoms with van der Waals surface area (Å²) < 4.78 is 5.19. The van der Waals surface area contributed by atoms with Crippen LogP contribution in [0.1, 0.15) is 36.0 Å². The van der Waals surface area contributed by atoms with Crippen molar-refractivity contribution in [2.45, 2.75) is 37.8 Å². The lowest BCUT2D eigenvalue weighted by Crippen LogP contribution is -2.49. The number of nitrogens with two attached hydrogens (primary N) is 1. The maximum atomic E-state index is 12.3. The highest BCUT2D eigenvalue weighted by atomic mass is 35.5. The third-order valence-electron chi connectivity index (χ3n) is 3.54. The molecule has 0 heterocycles. The lowest BCUT2D eigenvalue weighted by Gasteiger charge is -2.29. The van der Waals surface area contributed by atoms with Crippen molar-refractivity contribution in [3.8, 4) is 5.75 Å². The molecule has 0 saturated heterocycles. The van der Waals surface area contributed by atoms with Crippen LogP contribution in [0.4, 0.5) is 0 Å². The topological polar surface area (TPSA) is 64.3 Å². The number of rotatable bonds is 3. The first-order valence-electron chi connectivity index (χ1n) is 6.52. The molecule has 1 aromatic rings. The molecule has 0 bridgehead atoms. The van der Waals surface area contributed by atoms with E-state index in [0.717, 1.165) is 25.7 Å². The molecule has 1 saturated carbocycles. The van der Waals surface area contributed by atoms with Gasteiger partial charge in [-0.2, -0.15) is 0 Å². The second-order valence-corrected chi connectivity index (χ2v) is 5.31. The molecule has 2 atom stereocenters. The molecule has 0 aliphatic heterocycles. The van der Waals surface area contributed by atoms with E-state index in [1.54, 1.807) is 18.2 Å². The van der Waals surface area contributed by atoms with Crippen LogP contribution in [0.15, 0.2) is 18.2 Å². The van der Waals surface area contributed by atoms with Crippen LogP contribution >= 0.6 is 11.6 Å². The molecule has 0 radical (unpaired) electrons. The number of carbonyl (C=O) groups is 1. The number of nitrogens with one attached hydrogen (secondary N) is 1. The molecule has 5 heteroatoms. The van der Waals surface area contributed by atoms with E-state index in [9.17, 15) is 4.79 Å². The summed E-state index contributed by atoms with van der Waals surface area (Å²) in [5.41, 5.74) is 6.52. The number of methoxy groups -OCH3 is 1. The van der Waals surface area contributed by atoms with Gasteiger partial charge in [0.25, 0.3) is 5.91 Å². The smallest absolute Gasteiger partial charge is 0.255 e. The fourth-order valence-corrected chi connectivity index (χ4v) is 2.60. The van der Waals surface area contributed by atoms with Gasteiger partial charge in [-0.05, 0) is 31.0 Å². The average molecular weight is 283 g/mol. The third kappa shape index (κ3) is 3.39. The Morgan fingerprint density at radius 1 is 1.42 bits per heavy atom. The molecule has 0 unspecified atom stereocenters. The molecule has 1 aromatic carbocycles. The molecule has 4 nitrogen and oxygen atoms in total. The van der Waals surface area contributed by atoms with Crippen molar-refractivity contribution < 1.29 is 9.53 Å². The largest absolute Gasteiger partial charge is 0.496 e. The van der Waals surface area contributed by atoms with Crippen molar-refractivity contribution in [1.29, 1.82) is 0 Å². The second-order valence-electron chi connectivity index (χ2n) is 4.87. The summed E-state index contributed by atoms with van der Waals surface area (Å²) in [6.07, 6.45) is 4.14. The van der Waals surface area contributed by atoms with Crippen molar-refractivity contribution in [3.63, 3.8) is 0 Å². The molecular formula is C14H19ClN2O2. The SMILES string of the molecule is COc1cc(Cl)ccc1C(=O)N[C@@H]1CCCC[C@H]1N. The van der Waals surface area contributed by atoms with Crippen molar-refractivity contribution in [2.75, 3.05) is 7.11 Å². The third-order valence-corrected chi connectivity index (χ3v) is 3.78. The van der Waals surface area contributed by atoms with E-state index in [1.807, 2.05) is 0 Å². The highest BCUT2D eigenvalue weighted by molar-refractivity contribution is 6.30. The predicted octanol–water partition coefficient (Wildman–Crippen LogP) is 2.35. The van der Waals surface area contributed by atoms with Crippen LogP contribution in [-0.2, 0) is 0 Å². The summed E-state index contributed by atoms with van der Waals surface area (Å²) in [6.45, 7) is 0. The summed E-state index contributed by atoms with van der Waals surface area (Å²) in [4.78, 5) is 12.3. The standard InChI is InChI=1S/C14H19ClN2O2/c1-19-13-8-9(15)6-7-10(13)14(18)17-12-5-3-2-4-11(12)16/h6-8,11-12H,2-5,16H2,1H3,(H,17,18)/t11-,12-/m1/s1. The van der Waals surface area contributed by atoms with E-state index in [4.69, 9.17) is 22.1 Å². The van der Waals surface area contributed by atoms with Crippen LogP contribution < -0.4 is 15.8 Å². The number of benzene rings is 1. The minimum atomic E-state index is -0.157. The van der Waals surface area contributed by atoms with Gasteiger partial charge in [0.2, 0.25) is 0 Å². The molecule has 1 aliphatic rings. The van der Waals surface area contributed by atoms with E-state index in [0.29, 0.717) is 16.3 Å². The molecule has 104 valence electrons. The number of halogens is 1. The maximum Gasteiger partial charge on any atom is 0.255 e. The number of hydrogen-bond donors (Lipinski definition) is 2. The Bertz CT molecular complexity index is 465. The van der Waals surface area contributed by atoms with Gasteiger partial charge in [0.15, 0.2) is 0 Å². The zero-order valence-corrected chi connectivity index (χ0v) is 11.7. The Kier molecular flexibility index (Phi) is 4.66. The van der Waals surface area contributed by atoms with Gasteiger partial charge in [-0.25, -0.2) is 0 Å². The van der Waals surface area contributed by atoms with E-state index in [1.165, 1.54) is 7.11 Å². The molecule has 0 spiro atoms. The van der Waals surface area contributed by atoms with Crippen molar-refractivity contribution in [1.82, 2.24) is 5.32 Å². The summed E-state index contributed by atoms with van der Waals surface area (Å²) in [7, 11) is 1.52. The molecule has 1 aliphatic carbocycles. The number of ether oxygens (including phenoxy) is 1.